The molecule has 3 rings (SSSR count). The molecule has 0 radical (unpaired) electrons. The summed E-state index contributed by atoms with van der Waals surface area (Å²) < 4.78 is 25.4. The lowest BCUT2D eigenvalue weighted by Crippen LogP contribution is -2.44. The predicted molar refractivity (Wildman–Crippen MR) is 91.3 cm³/mol. The molecule has 9 heteroatoms. The number of sulfonamides is 1. The first-order valence-corrected chi connectivity index (χ1v) is 9.01. The molecule has 1 amide bonds. The zero-order valence-electron chi connectivity index (χ0n) is 13.9. The third-order valence-electron chi connectivity index (χ3n) is 4.37. The molecule has 26 heavy (non-hydrogen) atoms. The summed E-state index contributed by atoms with van der Waals surface area (Å²) in [5.41, 5.74) is 0.412. The summed E-state index contributed by atoms with van der Waals surface area (Å²) in [5, 5.41) is 10.9. The first-order valence-electron chi connectivity index (χ1n) is 7.57. The van der Waals surface area contributed by atoms with Crippen LogP contribution >= 0.6 is 0 Å². The maximum absolute atomic E-state index is 13.0. The van der Waals surface area contributed by atoms with Gasteiger partial charge in [-0.2, -0.15) is 0 Å². The molecular weight excluding hydrogens is 360 g/mol. The van der Waals surface area contributed by atoms with Gasteiger partial charge >= 0.3 is 0 Å². The Labute approximate surface area is 149 Å². The number of hydrogen-bond acceptors (Lipinski definition) is 6. The highest BCUT2D eigenvalue weighted by Gasteiger charge is 2.44. The van der Waals surface area contributed by atoms with E-state index in [1.54, 1.807) is 6.07 Å². The van der Waals surface area contributed by atoms with E-state index in [0.717, 1.165) is 7.05 Å². The number of likely N-dealkylation sites (N-methyl/N-ethyl adjacent to an activating group) is 1. The van der Waals surface area contributed by atoms with Crippen molar-refractivity contribution in [3.05, 3.63) is 69.3 Å². The van der Waals surface area contributed by atoms with Crippen LogP contribution < -0.4 is 0 Å². The smallest absolute Gasteiger partial charge is 0.269 e. The van der Waals surface area contributed by atoms with Crippen LogP contribution in [0.1, 0.15) is 27.4 Å². The van der Waals surface area contributed by atoms with Gasteiger partial charge in [0.2, 0.25) is 0 Å². The normalized spacial score (nSPS) is 18.3. The molecule has 1 heterocycles. The van der Waals surface area contributed by atoms with Gasteiger partial charge in [0, 0.05) is 24.7 Å². The number of carbonyl (C=O) groups is 2. The number of nitro groups is 1. The number of nitro benzene ring substituents is 1. The van der Waals surface area contributed by atoms with Gasteiger partial charge in [0.05, 0.1) is 9.82 Å². The monoisotopic (exact) mass is 374 g/mol. The molecule has 0 fully saturated rings. The molecule has 1 atom stereocenters. The zero-order chi connectivity index (χ0) is 19.2. The fourth-order valence-electron chi connectivity index (χ4n) is 2.98. The summed E-state index contributed by atoms with van der Waals surface area (Å²) in [5.74, 6) is -2.78. The molecule has 0 spiro atoms. The first kappa shape index (κ1) is 17.7. The number of non-ortho nitro benzene ring substituents is 1. The molecule has 8 nitrogen and oxygen atoms in total. The van der Waals surface area contributed by atoms with Gasteiger partial charge in [-0.3, -0.25) is 19.7 Å². The van der Waals surface area contributed by atoms with Gasteiger partial charge in [-0.1, -0.05) is 18.2 Å². The average Bonchev–Trinajstić information content (AvgIpc) is 2.60. The van der Waals surface area contributed by atoms with Crippen molar-refractivity contribution in [3.8, 4) is 0 Å². The van der Waals surface area contributed by atoms with E-state index in [1.807, 2.05) is 0 Å². The zero-order valence-corrected chi connectivity index (χ0v) is 14.7. The molecule has 0 aliphatic carbocycles. The number of nitrogens with zero attached hydrogens (tertiary/aromatic N) is 2. The number of fused-ring (bicyclic) bond motifs is 1. The van der Waals surface area contributed by atoms with Crippen LogP contribution in [0.25, 0.3) is 0 Å². The fraction of sp³-hybridized carbons (Fsp3) is 0.176. The standard InChI is InChI=1S/C17H14N2O6S/c1-10-9-11(19(22)23)7-8-12(10)16(20)15-13-5-3-4-6-14(13)26(24,25)18(2)17(15)21/h3-9,15H,1-2H3. The van der Waals surface area contributed by atoms with Crippen LogP contribution in [0.4, 0.5) is 5.69 Å². The highest BCUT2D eigenvalue weighted by Crippen LogP contribution is 2.36. The van der Waals surface area contributed by atoms with E-state index in [4.69, 9.17) is 0 Å². The van der Waals surface area contributed by atoms with Gasteiger partial charge < -0.3 is 0 Å². The Kier molecular flexibility index (Phi) is 4.11. The molecule has 0 saturated carbocycles. The van der Waals surface area contributed by atoms with Crippen LogP contribution in [0.3, 0.4) is 0 Å². The summed E-state index contributed by atoms with van der Waals surface area (Å²) >= 11 is 0. The van der Waals surface area contributed by atoms with E-state index in [0.29, 0.717) is 9.87 Å². The van der Waals surface area contributed by atoms with Crippen molar-refractivity contribution in [1.29, 1.82) is 0 Å². The lowest BCUT2D eigenvalue weighted by atomic mass is 9.87. The van der Waals surface area contributed by atoms with Crippen molar-refractivity contribution < 1.29 is 22.9 Å². The third kappa shape index (κ3) is 2.57. The van der Waals surface area contributed by atoms with Crippen LogP contribution in [0, 0.1) is 17.0 Å². The van der Waals surface area contributed by atoms with E-state index in [2.05, 4.69) is 0 Å². The van der Waals surface area contributed by atoms with E-state index in [9.17, 15) is 28.1 Å². The molecule has 1 aliphatic rings. The lowest BCUT2D eigenvalue weighted by Gasteiger charge is -2.30. The Hall–Kier alpha value is -3.07. The quantitative estimate of drug-likeness (QED) is 0.351. The Morgan fingerprint density at radius 1 is 1.19 bits per heavy atom. The van der Waals surface area contributed by atoms with Crippen molar-refractivity contribution in [3.63, 3.8) is 0 Å². The summed E-state index contributed by atoms with van der Waals surface area (Å²) in [6.45, 7) is 1.53. The van der Waals surface area contributed by atoms with Gasteiger partial charge in [0.1, 0.15) is 5.92 Å². The maximum atomic E-state index is 13.0. The highest BCUT2D eigenvalue weighted by molar-refractivity contribution is 7.89. The van der Waals surface area contributed by atoms with Crippen LogP contribution in [-0.2, 0) is 14.8 Å². The number of carbonyl (C=O) groups excluding carboxylic acids is 2. The SMILES string of the molecule is Cc1cc([N+](=O)[O-])ccc1C(=O)C1C(=O)N(C)S(=O)(=O)c2ccccc21. The summed E-state index contributed by atoms with van der Waals surface area (Å²) in [4.78, 5) is 35.8. The molecule has 0 saturated heterocycles. The summed E-state index contributed by atoms with van der Waals surface area (Å²) in [6, 6.07) is 9.55. The third-order valence-corrected chi connectivity index (χ3v) is 6.20. The Bertz CT molecular complexity index is 1060. The highest BCUT2D eigenvalue weighted by atomic mass is 32.2. The molecule has 2 aromatic carbocycles. The number of Topliss-reactive ketones (excluding diaryl/α,β-unsaturated/α-hetero) is 1. The number of amides is 1. The van der Waals surface area contributed by atoms with Gasteiger partial charge in [-0.05, 0) is 30.2 Å². The van der Waals surface area contributed by atoms with Crippen LogP contribution in [0.2, 0.25) is 0 Å². The minimum absolute atomic E-state index is 0.0972. The number of rotatable bonds is 3. The molecule has 2 aromatic rings. The Balaban J connectivity index is 2.16. The first-order chi connectivity index (χ1) is 12.2. The largest absolute Gasteiger partial charge is 0.293 e. The van der Waals surface area contributed by atoms with E-state index in [-0.39, 0.29) is 21.7 Å². The van der Waals surface area contributed by atoms with Crippen molar-refractivity contribution in [1.82, 2.24) is 4.31 Å². The van der Waals surface area contributed by atoms with Gasteiger partial charge in [-0.25, -0.2) is 12.7 Å². The minimum Gasteiger partial charge on any atom is -0.293 e. The molecule has 0 N–H and O–H groups in total. The second kappa shape index (κ2) is 6.03. The molecule has 134 valence electrons. The van der Waals surface area contributed by atoms with Crippen molar-refractivity contribution in [2.75, 3.05) is 7.05 Å². The predicted octanol–water partition coefficient (Wildman–Crippen LogP) is 2.03. The molecular formula is C17H14N2O6S. The number of ketones is 1. The number of hydrogen-bond donors (Lipinski definition) is 0. The van der Waals surface area contributed by atoms with Crippen molar-refractivity contribution in [2.45, 2.75) is 17.7 Å². The second-order valence-electron chi connectivity index (χ2n) is 5.90. The molecule has 1 unspecified atom stereocenters. The van der Waals surface area contributed by atoms with Gasteiger partial charge in [0.15, 0.2) is 5.78 Å². The Morgan fingerprint density at radius 3 is 2.46 bits per heavy atom. The number of benzene rings is 2. The minimum atomic E-state index is -4.00. The maximum Gasteiger partial charge on any atom is 0.269 e. The van der Waals surface area contributed by atoms with E-state index < -0.39 is 32.6 Å². The molecule has 0 aromatic heterocycles. The van der Waals surface area contributed by atoms with Crippen LogP contribution in [0.5, 0.6) is 0 Å². The molecule has 1 aliphatic heterocycles. The van der Waals surface area contributed by atoms with E-state index in [1.165, 1.54) is 43.3 Å². The Morgan fingerprint density at radius 2 is 1.85 bits per heavy atom. The van der Waals surface area contributed by atoms with E-state index >= 15 is 0 Å². The second-order valence-corrected chi connectivity index (χ2v) is 7.84. The van der Waals surface area contributed by atoms with Crippen molar-refractivity contribution >= 4 is 27.4 Å². The number of aryl methyl sites for hydroxylation is 1. The van der Waals surface area contributed by atoms with Crippen LogP contribution in [-0.4, -0.2) is 36.4 Å². The average molecular weight is 374 g/mol. The van der Waals surface area contributed by atoms with Crippen molar-refractivity contribution in [2.24, 2.45) is 0 Å². The van der Waals surface area contributed by atoms with Gasteiger partial charge in [0.25, 0.3) is 21.6 Å². The fourth-order valence-corrected chi connectivity index (χ4v) is 4.35. The molecule has 0 bridgehead atoms. The summed E-state index contributed by atoms with van der Waals surface area (Å²) in [6.07, 6.45) is 0. The van der Waals surface area contributed by atoms with Crippen LogP contribution in [0.15, 0.2) is 47.4 Å². The summed E-state index contributed by atoms with van der Waals surface area (Å²) in [7, 11) is -2.90. The topological polar surface area (TPSA) is 115 Å². The van der Waals surface area contributed by atoms with Gasteiger partial charge in [-0.15, -0.1) is 0 Å². The lowest BCUT2D eigenvalue weighted by molar-refractivity contribution is -0.384.